The highest BCUT2D eigenvalue weighted by atomic mass is 16.4. The molecule has 11 nitrogen and oxygen atoms in total. The summed E-state index contributed by atoms with van der Waals surface area (Å²) in [5, 5.41) is 12.4. The Bertz CT molecular complexity index is 1530. The van der Waals surface area contributed by atoms with E-state index in [0.29, 0.717) is 29.9 Å². The van der Waals surface area contributed by atoms with Crippen molar-refractivity contribution in [2.75, 3.05) is 17.7 Å². The standard InChI is InChI=1S/C28H27N7O4/c29-25(36)24-23(33-26(35(24)30)21-8-4-5-15-34(21)28(38)39)18-9-11-19(12-10-18)27(37)32-22-16-20(13-14-31-22)17-6-2-1-3-7-17/h1-3,6-7,9-14,16,21H,4-5,8,15,30H2,(H2,29,36)(H,38,39)(H,31,32,37)/t21-/m0/s1. The van der Waals surface area contributed by atoms with Crippen molar-refractivity contribution in [1.29, 1.82) is 0 Å². The number of hydrogen-bond acceptors (Lipinski definition) is 6. The maximum atomic E-state index is 12.9. The summed E-state index contributed by atoms with van der Waals surface area (Å²) in [6.45, 7) is 0.348. The number of imidazole rings is 1. The molecule has 1 atom stereocenters. The lowest BCUT2D eigenvalue weighted by molar-refractivity contribution is 0.0986. The maximum absolute atomic E-state index is 12.9. The molecule has 0 bridgehead atoms. The first-order valence-corrected chi connectivity index (χ1v) is 12.4. The zero-order valence-corrected chi connectivity index (χ0v) is 20.9. The average molecular weight is 526 g/mol. The Morgan fingerprint density at radius 3 is 2.38 bits per heavy atom. The van der Waals surface area contributed by atoms with Gasteiger partial charge in [0.05, 0.1) is 6.04 Å². The molecule has 39 heavy (non-hydrogen) atoms. The molecule has 0 radical (unpaired) electrons. The Hall–Kier alpha value is -5.19. The van der Waals surface area contributed by atoms with E-state index in [0.717, 1.165) is 28.6 Å². The van der Waals surface area contributed by atoms with E-state index in [2.05, 4.69) is 15.3 Å². The van der Waals surface area contributed by atoms with Gasteiger partial charge in [0.25, 0.3) is 11.8 Å². The van der Waals surface area contributed by atoms with Crippen LogP contribution in [0.2, 0.25) is 0 Å². The van der Waals surface area contributed by atoms with E-state index in [1.807, 2.05) is 36.4 Å². The van der Waals surface area contributed by atoms with E-state index in [1.54, 1.807) is 36.5 Å². The molecule has 4 aromatic rings. The summed E-state index contributed by atoms with van der Waals surface area (Å²) in [5.41, 5.74) is 8.60. The van der Waals surface area contributed by atoms with Gasteiger partial charge >= 0.3 is 6.09 Å². The summed E-state index contributed by atoms with van der Waals surface area (Å²) in [6.07, 6.45) is 2.61. The molecular formula is C28H27N7O4. The van der Waals surface area contributed by atoms with E-state index >= 15 is 0 Å². The van der Waals surface area contributed by atoms with Crippen LogP contribution in [-0.2, 0) is 0 Å². The molecule has 5 rings (SSSR count). The van der Waals surface area contributed by atoms with Crippen LogP contribution < -0.4 is 16.9 Å². The number of carboxylic acid groups (broad SMARTS) is 1. The number of pyridine rings is 1. The van der Waals surface area contributed by atoms with Gasteiger partial charge in [0.1, 0.15) is 11.5 Å². The molecule has 1 fully saturated rings. The van der Waals surface area contributed by atoms with Crippen molar-refractivity contribution in [2.24, 2.45) is 5.73 Å². The molecule has 1 aliphatic rings. The zero-order valence-electron chi connectivity index (χ0n) is 20.9. The molecule has 0 spiro atoms. The molecular weight excluding hydrogens is 498 g/mol. The first kappa shape index (κ1) is 25.5. The summed E-state index contributed by atoms with van der Waals surface area (Å²) in [6, 6.07) is 19.3. The van der Waals surface area contributed by atoms with Crippen LogP contribution in [0.5, 0.6) is 0 Å². The molecule has 3 heterocycles. The minimum absolute atomic E-state index is 0.0416. The Morgan fingerprint density at radius 2 is 1.69 bits per heavy atom. The number of benzene rings is 2. The SMILES string of the molecule is NC(=O)c1c(-c2ccc(C(=O)Nc3cc(-c4ccccc4)ccn3)cc2)nc([C@@H]2CCCCN2C(=O)O)n1N. The number of likely N-dealkylation sites (tertiary alicyclic amines) is 1. The van der Waals surface area contributed by atoms with Crippen LogP contribution in [0.3, 0.4) is 0 Å². The molecule has 0 unspecified atom stereocenters. The summed E-state index contributed by atoms with van der Waals surface area (Å²) >= 11 is 0. The van der Waals surface area contributed by atoms with E-state index < -0.39 is 18.0 Å². The van der Waals surface area contributed by atoms with Crippen molar-refractivity contribution in [3.8, 4) is 22.4 Å². The van der Waals surface area contributed by atoms with Crippen molar-refractivity contribution < 1.29 is 19.5 Å². The minimum Gasteiger partial charge on any atom is -0.465 e. The van der Waals surface area contributed by atoms with Crippen LogP contribution in [-0.4, -0.2) is 49.1 Å². The van der Waals surface area contributed by atoms with Crippen molar-refractivity contribution in [3.05, 3.63) is 90.0 Å². The average Bonchev–Trinajstić information content (AvgIpc) is 3.30. The number of aromatic nitrogens is 3. The van der Waals surface area contributed by atoms with Gasteiger partial charge in [-0.3, -0.25) is 14.5 Å². The number of piperidine rings is 1. The third-order valence-corrected chi connectivity index (χ3v) is 6.75. The second kappa shape index (κ2) is 10.7. The first-order chi connectivity index (χ1) is 18.8. The van der Waals surface area contributed by atoms with Gasteiger partial charge in [-0.2, -0.15) is 0 Å². The monoisotopic (exact) mass is 525 g/mol. The largest absolute Gasteiger partial charge is 0.465 e. The molecule has 2 aromatic heterocycles. The van der Waals surface area contributed by atoms with E-state index in [-0.39, 0.29) is 23.1 Å². The van der Waals surface area contributed by atoms with Gasteiger partial charge in [-0.05, 0) is 54.7 Å². The van der Waals surface area contributed by atoms with E-state index in [4.69, 9.17) is 11.6 Å². The third-order valence-electron chi connectivity index (χ3n) is 6.75. The van der Waals surface area contributed by atoms with Gasteiger partial charge < -0.3 is 22.0 Å². The number of nitrogens with one attached hydrogen (secondary N) is 1. The van der Waals surface area contributed by atoms with Crippen molar-refractivity contribution in [3.63, 3.8) is 0 Å². The molecule has 3 amide bonds. The van der Waals surface area contributed by atoms with Crippen molar-refractivity contribution in [2.45, 2.75) is 25.3 Å². The van der Waals surface area contributed by atoms with Crippen LogP contribution in [0.4, 0.5) is 10.6 Å². The number of carbonyl (C=O) groups is 3. The normalized spacial score (nSPS) is 15.1. The maximum Gasteiger partial charge on any atom is 0.407 e. The number of rotatable bonds is 6. The molecule has 0 saturated carbocycles. The van der Waals surface area contributed by atoms with Gasteiger partial charge in [0, 0.05) is 23.9 Å². The number of hydrogen-bond donors (Lipinski definition) is 4. The summed E-state index contributed by atoms with van der Waals surface area (Å²) in [5.74, 6) is 5.71. The highest BCUT2D eigenvalue weighted by Crippen LogP contribution is 2.33. The highest BCUT2D eigenvalue weighted by molar-refractivity contribution is 6.04. The predicted octanol–water partition coefficient (Wildman–Crippen LogP) is 3.88. The number of carbonyl (C=O) groups excluding carboxylic acids is 2. The highest BCUT2D eigenvalue weighted by Gasteiger charge is 2.34. The second-order valence-corrected chi connectivity index (χ2v) is 9.22. The van der Waals surface area contributed by atoms with Gasteiger partial charge in [-0.25, -0.2) is 19.4 Å². The zero-order chi connectivity index (χ0) is 27.5. The number of nitrogens with zero attached hydrogens (tertiary/aromatic N) is 4. The number of primary amides is 1. The van der Waals surface area contributed by atoms with E-state index in [1.165, 1.54) is 4.90 Å². The molecule has 198 valence electrons. The molecule has 0 aliphatic carbocycles. The minimum atomic E-state index is -1.08. The number of nitrogens with two attached hydrogens (primary N) is 2. The summed E-state index contributed by atoms with van der Waals surface area (Å²) in [7, 11) is 0. The number of anilines is 1. The molecule has 11 heteroatoms. The number of nitrogen functional groups attached to an aromatic ring is 1. The third kappa shape index (κ3) is 5.14. The molecule has 2 aromatic carbocycles. The van der Waals surface area contributed by atoms with Crippen LogP contribution in [0.15, 0.2) is 72.9 Å². The summed E-state index contributed by atoms with van der Waals surface area (Å²) in [4.78, 5) is 47.1. The predicted molar refractivity (Wildman–Crippen MR) is 145 cm³/mol. The lowest BCUT2D eigenvalue weighted by Crippen LogP contribution is -2.39. The van der Waals surface area contributed by atoms with Crippen LogP contribution in [0, 0.1) is 0 Å². The van der Waals surface area contributed by atoms with Gasteiger partial charge in [-0.15, -0.1) is 0 Å². The van der Waals surface area contributed by atoms with Crippen LogP contribution in [0.25, 0.3) is 22.4 Å². The topological polar surface area (TPSA) is 169 Å². The number of amides is 3. The molecule has 6 N–H and O–H groups in total. The van der Waals surface area contributed by atoms with E-state index in [9.17, 15) is 19.5 Å². The second-order valence-electron chi connectivity index (χ2n) is 9.22. The fourth-order valence-corrected chi connectivity index (χ4v) is 4.83. The first-order valence-electron chi connectivity index (χ1n) is 12.4. The van der Waals surface area contributed by atoms with Gasteiger partial charge in [0.15, 0.2) is 11.5 Å². The van der Waals surface area contributed by atoms with Crippen LogP contribution in [0.1, 0.15) is 52.0 Å². The molecule has 1 saturated heterocycles. The van der Waals surface area contributed by atoms with Crippen molar-refractivity contribution in [1.82, 2.24) is 19.5 Å². The smallest absolute Gasteiger partial charge is 0.407 e. The quantitative estimate of drug-likeness (QED) is 0.277. The lowest BCUT2D eigenvalue weighted by atomic mass is 10.0. The summed E-state index contributed by atoms with van der Waals surface area (Å²) < 4.78 is 1.08. The van der Waals surface area contributed by atoms with Crippen LogP contribution >= 0.6 is 0 Å². The Morgan fingerprint density at radius 1 is 0.949 bits per heavy atom. The Labute approximate surface area is 224 Å². The lowest BCUT2D eigenvalue weighted by Gasteiger charge is -2.32. The van der Waals surface area contributed by atoms with Crippen molar-refractivity contribution >= 4 is 23.7 Å². The Kier molecular flexibility index (Phi) is 6.96. The fraction of sp³-hybridized carbons (Fsp3) is 0.179. The Balaban J connectivity index is 1.40. The fourth-order valence-electron chi connectivity index (χ4n) is 4.83. The molecule has 1 aliphatic heterocycles. The van der Waals surface area contributed by atoms with Gasteiger partial charge in [-0.1, -0.05) is 42.5 Å². The van der Waals surface area contributed by atoms with Gasteiger partial charge in [0.2, 0.25) is 0 Å².